The number of hydrogen-bond donors (Lipinski definition) is 2. The number of nitro groups is 1. The maximum Gasteiger partial charge on any atom is 0.342 e. The first-order chi connectivity index (χ1) is 9.47. The van der Waals surface area contributed by atoms with Crippen LogP contribution in [0.4, 0.5) is 5.69 Å². The Bertz CT molecular complexity index is 721. The molecular weight excluding hydrogens is 266 g/mol. The fourth-order valence-corrected chi connectivity index (χ4v) is 1.60. The number of non-ortho nitro benzene ring substituents is 1. The van der Waals surface area contributed by atoms with E-state index in [2.05, 4.69) is 9.97 Å². The molecule has 8 heteroatoms. The second kappa shape index (κ2) is 5.31. The minimum atomic E-state index is -1.35. The molecule has 1 aromatic carbocycles. The van der Waals surface area contributed by atoms with Crippen molar-refractivity contribution < 1.29 is 14.8 Å². The van der Waals surface area contributed by atoms with E-state index in [4.69, 9.17) is 5.11 Å². The highest BCUT2D eigenvalue weighted by Crippen LogP contribution is 2.13. The molecule has 0 saturated carbocycles. The monoisotopic (exact) mass is 275 g/mol. The molecule has 0 unspecified atom stereocenters. The summed E-state index contributed by atoms with van der Waals surface area (Å²) in [5, 5.41) is 19.2. The molecule has 1 heterocycles. The zero-order chi connectivity index (χ0) is 14.7. The molecule has 102 valence electrons. The minimum Gasteiger partial charge on any atom is -0.477 e. The Labute approximate surface area is 111 Å². The summed E-state index contributed by atoms with van der Waals surface area (Å²) in [4.78, 5) is 38.3. The van der Waals surface area contributed by atoms with Crippen molar-refractivity contribution in [3.8, 4) is 0 Å². The largest absolute Gasteiger partial charge is 0.477 e. The van der Waals surface area contributed by atoms with Crippen molar-refractivity contribution in [3.05, 3.63) is 67.9 Å². The number of rotatable bonds is 4. The van der Waals surface area contributed by atoms with Gasteiger partial charge in [0.15, 0.2) is 0 Å². The van der Waals surface area contributed by atoms with Crippen LogP contribution in [0.3, 0.4) is 0 Å². The lowest BCUT2D eigenvalue weighted by Crippen LogP contribution is -2.20. The van der Waals surface area contributed by atoms with Crippen LogP contribution in [0.15, 0.2) is 35.3 Å². The first kappa shape index (κ1) is 13.4. The zero-order valence-electron chi connectivity index (χ0n) is 10.1. The SMILES string of the molecule is O=C(O)c1cnc(Cc2ccc([N+](=O)[O-])cc2)[nH]c1=O. The quantitative estimate of drug-likeness (QED) is 0.632. The van der Waals surface area contributed by atoms with Gasteiger partial charge < -0.3 is 10.1 Å². The summed E-state index contributed by atoms with van der Waals surface area (Å²) in [7, 11) is 0. The van der Waals surface area contributed by atoms with Crippen molar-refractivity contribution in [1.29, 1.82) is 0 Å². The van der Waals surface area contributed by atoms with Crippen LogP contribution in [-0.4, -0.2) is 26.0 Å². The van der Waals surface area contributed by atoms with Crippen molar-refractivity contribution in [2.75, 3.05) is 0 Å². The maximum atomic E-state index is 11.4. The second-order valence-corrected chi connectivity index (χ2v) is 3.98. The van der Waals surface area contributed by atoms with Crippen LogP contribution in [0.5, 0.6) is 0 Å². The number of carbonyl (C=O) groups is 1. The van der Waals surface area contributed by atoms with Crippen LogP contribution in [0.2, 0.25) is 0 Å². The molecule has 8 nitrogen and oxygen atoms in total. The lowest BCUT2D eigenvalue weighted by molar-refractivity contribution is -0.384. The number of aromatic carboxylic acids is 1. The van der Waals surface area contributed by atoms with Crippen LogP contribution in [0.25, 0.3) is 0 Å². The Morgan fingerprint density at radius 3 is 2.50 bits per heavy atom. The van der Waals surface area contributed by atoms with E-state index in [0.29, 0.717) is 5.56 Å². The third kappa shape index (κ3) is 2.86. The third-order valence-corrected chi connectivity index (χ3v) is 2.60. The van der Waals surface area contributed by atoms with Gasteiger partial charge in [-0.25, -0.2) is 9.78 Å². The average Bonchev–Trinajstić information content (AvgIpc) is 2.39. The van der Waals surface area contributed by atoms with Crippen LogP contribution >= 0.6 is 0 Å². The van der Waals surface area contributed by atoms with E-state index in [1.165, 1.54) is 12.1 Å². The van der Waals surface area contributed by atoms with E-state index in [-0.39, 0.29) is 17.9 Å². The zero-order valence-corrected chi connectivity index (χ0v) is 10.1. The molecule has 0 saturated heterocycles. The molecule has 0 radical (unpaired) electrons. The molecule has 1 aromatic heterocycles. The van der Waals surface area contributed by atoms with E-state index in [1.807, 2.05) is 0 Å². The summed E-state index contributed by atoms with van der Waals surface area (Å²) < 4.78 is 0. The molecule has 0 aliphatic carbocycles. The molecule has 0 amide bonds. The van der Waals surface area contributed by atoms with Gasteiger partial charge in [-0.15, -0.1) is 0 Å². The number of hydrogen-bond acceptors (Lipinski definition) is 5. The van der Waals surface area contributed by atoms with Gasteiger partial charge in [0, 0.05) is 24.8 Å². The predicted octanol–water partition coefficient (Wildman–Crippen LogP) is 0.967. The number of aromatic amines is 1. The molecule has 0 aliphatic rings. The van der Waals surface area contributed by atoms with E-state index in [9.17, 15) is 19.7 Å². The molecule has 0 spiro atoms. The van der Waals surface area contributed by atoms with Gasteiger partial charge in [0.25, 0.3) is 11.2 Å². The fourth-order valence-electron chi connectivity index (χ4n) is 1.60. The maximum absolute atomic E-state index is 11.4. The molecule has 0 bridgehead atoms. The summed E-state index contributed by atoms with van der Waals surface area (Å²) in [5.74, 6) is -1.06. The van der Waals surface area contributed by atoms with E-state index < -0.39 is 22.0 Å². The topological polar surface area (TPSA) is 126 Å². The Hall–Kier alpha value is -3.03. The Morgan fingerprint density at radius 1 is 1.35 bits per heavy atom. The normalized spacial score (nSPS) is 10.2. The van der Waals surface area contributed by atoms with Crippen molar-refractivity contribution in [2.24, 2.45) is 0 Å². The van der Waals surface area contributed by atoms with Crippen molar-refractivity contribution >= 4 is 11.7 Å². The highest BCUT2D eigenvalue weighted by molar-refractivity contribution is 5.86. The van der Waals surface area contributed by atoms with Gasteiger partial charge in [0.1, 0.15) is 11.4 Å². The smallest absolute Gasteiger partial charge is 0.342 e. The second-order valence-electron chi connectivity index (χ2n) is 3.98. The highest BCUT2D eigenvalue weighted by Gasteiger charge is 2.10. The summed E-state index contributed by atoms with van der Waals surface area (Å²) in [6.45, 7) is 0. The minimum absolute atomic E-state index is 0.0311. The lowest BCUT2D eigenvalue weighted by Gasteiger charge is -2.01. The number of carboxylic acids is 1. The molecule has 2 N–H and O–H groups in total. The molecule has 0 atom stereocenters. The van der Waals surface area contributed by atoms with Crippen LogP contribution in [0.1, 0.15) is 21.7 Å². The van der Waals surface area contributed by atoms with Crippen LogP contribution in [0, 0.1) is 10.1 Å². The Morgan fingerprint density at radius 2 is 2.00 bits per heavy atom. The Kier molecular flexibility index (Phi) is 3.56. The molecule has 2 aromatic rings. The molecule has 20 heavy (non-hydrogen) atoms. The Balaban J connectivity index is 2.22. The number of nitrogens with one attached hydrogen (secondary N) is 1. The number of nitrogens with zero attached hydrogens (tertiary/aromatic N) is 2. The van der Waals surface area contributed by atoms with Gasteiger partial charge in [0.05, 0.1) is 4.92 Å². The lowest BCUT2D eigenvalue weighted by atomic mass is 10.1. The first-order valence-electron chi connectivity index (χ1n) is 5.52. The van der Waals surface area contributed by atoms with Gasteiger partial charge in [0.2, 0.25) is 0 Å². The van der Waals surface area contributed by atoms with Gasteiger partial charge in [-0.1, -0.05) is 12.1 Å². The van der Waals surface area contributed by atoms with Crippen molar-refractivity contribution in [2.45, 2.75) is 6.42 Å². The van der Waals surface area contributed by atoms with Gasteiger partial charge >= 0.3 is 5.97 Å². The highest BCUT2D eigenvalue weighted by atomic mass is 16.6. The van der Waals surface area contributed by atoms with Crippen LogP contribution < -0.4 is 5.56 Å². The fraction of sp³-hybridized carbons (Fsp3) is 0.0833. The predicted molar refractivity (Wildman–Crippen MR) is 67.7 cm³/mol. The summed E-state index contributed by atoms with van der Waals surface area (Å²) in [5.41, 5.74) is -0.486. The van der Waals surface area contributed by atoms with Gasteiger partial charge in [-0.05, 0) is 5.56 Å². The van der Waals surface area contributed by atoms with Crippen molar-refractivity contribution in [1.82, 2.24) is 9.97 Å². The standard InChI is InChI=1S/C12H9N3O5/c16-11-9(12(17)18)6-13-10(14-11)5-7-1-3-8(4-2-7)15(19)20/h1-4,6H,5H2,(H,17,18)(H,13,14,16). The van der Waals surface area contributed by atoms with Gasteiger partial charge in [-0.2, -0.15) is 0 Å². The summed E-state index contributed by atoms with van der Waals surface area (Å²) in [6.07, 6.45) is 1.23. The van der Waals surface area contributed by atoms with E-state index in [0.717, 1.165) is 6.20 Å². The number of carboxylic acid groups (broad SMARTS) is 1. The number of aromatic nitrogens is 2. The van der Waals surface area contributed by atoms with Crippen molar-refractivity contribution in [3.63, 3.8) is 0 Å². The third-order valence-electron chi connectivity index (χ3n) is 2.60. The van der Waals surface area contributed by atoms with Gasteiger partial charge in [-0.3, -0.25) is 14.9 Å². The number of nitro benzene ring substituents is 1. The molecular formula is C12H9N3O5. The summed E-state index contributed by atoms with van der Waals surface area (Å²) >= 11 is 0. The molecule has 0 fully saturated rings. The van der Waals surface area contributed by atoms with E-state index in [1.54, 1.807) is 12.1 Å². The number of benzene rings is 1. The van der Waals surface area contributed by atoms with Crippen LogP contribution in [-0.2, 0) is 6.42 Å². The molecule has 2 rings (SSSR count). The van der Waals surface area contributed by atoms with E-state index >= 15 is 0 Å². The number of H-pyrrole nitrogens is 1. The summed E-state index contributed by atoms with van der Waals surface area (Å²) in [6, 6.07) is 5.78. The molecule has 0 aliphatic heterocycles. The first-order valence-corrected chi connectivity index (χ1v) is 5.52. The average molecular weight is 275 g/mol.